The molecule has 0 N–H and O–H groups in total. The van der Waals surface area contributed by atoms with Crippen molar-refractivity contribution in [2.45, 2.75) is 49.6 Å². The Morgan fingerprint density at radius 1 is 0.921 bits per heavy atom. The number of methoxy groups -OCH3 is 2. The maximum atomic E-state index is 13.8. The lowest BCUT2D eigenvalue weighted by Gasteiger charge is -2.57. The van der Waals surface area contributed by atoms with Crippen molar-refractivity contribution in [2.75, 3.05) is 40.5 Å². The first kappa shape index (κ1) is 26.9. The molecule has 0 amide bonds. The lowest BCUT2D eigenvalue weighted by Crippen LogP contribution is -2.68. The number of hydrogen-bond acceptors (Lipinski definition) is 5. The molecule has 2 fully saturated rings. The normalized spacial score (nSPS) is 22.7. The minimum absolute atomic E-state index is 0.105. The SMILES string of the molecule is COCC1[C@@H](c2ccc(-c3cc(C)ccc3OC)cc2)[C@@H]2CN(S(=O)(=O)c3ccccc3C)CCCCN12. The van der Waals surface area contributed by atoms with Crippen molar-refractivity contribution in [3.05, 3.63) is 83.4 Å². The summed E-state index contributed by atoms with van der Waals surface area (Å²) in [5, 5.41) is 0. The minimum atomic E-state index is -3.58. The molecule has 3 aromatic carbocycles. The van der Waals surface area contributed by atoms with E-state index in [1.807, 2.05) is 31.2 Å². The molecule has 202 valence electrons. The summed E-state index contributed by atoms with van der Waals surface area (Å²) in [5.41, 5.74) is 5.37. The van der Waals surface area contributed by atoms with Crippen LogP contribution in [0.15, 0.2) is 71.6 Å². The molecule has 6 nitrogen and oxygen atoms in total. The summed E-state index contributed by atoms with van der Waals surface area (Å²) in [6, 6.07) is 22.5. The third kappa shape index (κ3) is 5.00. The third-order valence-corrected chi connectivity index (χ3v) is 10.2. The van der Waals surface area contributed by atoms with Crippen molar-refractivity contribution >= 4 is 10.0 Å². The van der Waals surface area contributed by atoms with Crippen molar-refractivity contribution in [1.82, 2.24) is 9.21 Å². The molecule has 0 aromatic heterocycles. The predicted molar refractivity (Wildman–Crippen MR) is 151 cm³/mol. The van der Waals surface area contributed by atoms with Gasteiger partial charge in [0.05, 0.1) is 18.6 Å². The Hall–Kier alpha value is -2.71. The zero-order chi connectivity index (χ0) is 26.9. The zero-order valence-electron chi connectivity index (χ0n) is 22.8. The van der Waals surface area contributed by atoms with Crippen molar-refractivity contribution in [3.63, 3.8) is 0 Å². The van der Waals surface area contributed by atoms with E-state index in [1.165, 1.54) is 11.1 Å². The lowest BCUT2D eigenvalue weighted by molar-refractivity contribution is -0.0635. The molecule has 2 saturated heterocycles. The average Bonchev–Trinajstić information content (AvgIpc) is 2.90. The smallest absolute Gasteiger partial charge is 0.243 e. The number of sulfonamides is 1. The van der Waals surface area contributed by atoms with Gasteiger partial charge in [0.25, 0.3) is 0 Å². The molecule has 0 aliphatic carbocycles. The van der Waals surface area contributed by atoms with Crippen LogP contribution in [0.2, 0.25) is 0 Å². The number of nitrogens with zero attached hydrogens (tertiary/aromatic N) is 2. The maximum Gasteiger partial charge on any atom is 0.243 e. The summed E-state index contributed by atoms with van der Waals surface area (Å²) in [4.78, 5) is 2.87. The topological polar surface area (TPSA) is 59.1 Å². The third-order valence-electron chi connectivity index (χ3n) is 8.16. The van der Waals surface area contributed by atoms with E-state index in [0.29, 0.717) is 24.6 Å². The fourth-order valence-corrected chi connectivity index (χ4v) is 7.92. The Bertz CT molecular complexity index is 1370. The number of hydrogen-bond donors (Lipinski definition) is 0. The monoisotopic (exact) mass is 534 g/mol. The molecule has 3 aromatic rings. The van der Waals surface area contributed by atoms with E-state index < -0.39 is 10.0 Å². The van der Waals surface area contributed by atoms with Crippen LogP contribution in [0.3, 0.4) is 0 Å². The van der Waals surface area contributed by atoms with Crippen LogP contribution in [0.4, 0.5) is 0 Å². The van der Waals surface area contributed by atoms with E-state index >= 15 is 0 Å². The van der Waals surface area contributed by atoms with Gasteiger partial charge in [0.15, 0.2) is 0 Å². The summed E-state index contributed by atoms with van der Waals surface area (Å²) < 4.78 is 40.5. The first-order valence-electron chi connectivity index (χ1n) is 13.4. The second-order valence-electron chi connectivity index (χ2n) is 10.5. The highest BCUT2D eigenvalue weighted by molar-refractivity contribution is 7.89. The highest BCUT2D eigenvalue weighted by Crippen LogP contribution is 2.43. The molecule has 38 heavy (non-hydrogen) atoms. The fourth-order valence-electron chi connectivity index (χ4n) is 6.20. The van der Waals surface area contributed by atoms with Crippen LogP contribution >= 0.6 is 0 Å². The van der Waals surface area contributed by atoms with Gasteiger partial charge in [0.1, 0.15) is 5.75 Å². The van der Waals surface area contributed by atoms with Crippen molar-refractivity contribution < 1.29 is 17.9 Å². The molecule has 2 heterocycles. The van der Waals surface area contributed by atoms with Crippen LogP contribution in [0, 0.1) is 13.8 Å². The average molecular weight is 535 g/mol. The second-order valence-corrected chi connectivity index (χ2v) is 12.4. The van der Waals surface area contributed by atoms with E-state index in [-0.39, 0.29) is 18.0 Å². The first-order valence-corrected chi connectivity index (χ1v) is 14.8. The Kier molecular flexibility index (Phi) is 7.91. The summed E-state index contributed by atoms with van der Waals surface area (Å²) >= 11 is 0. The summed E-state index contributed by atoms with van der Waals surface area (Å²) in [6.45, 7) is 6.57. The van der Waals surface area contributed by atoms with E-state index in [2.05, 4.69) is 48.2 Å². The number of ether oxygens (including phenoxy) is 2. The summed E-state index contributed by atoms with van der Waals surface area (Å²) in [7, 11) is -0.136. The van der Waals surface area contributed by atoms with Crippen LogP contribution in [0.5, 0.6) is 5.75 Å². The summed E-state index contributed by atoms with van der Waals surface area (Å²) in [6.07, 6.45) is 1.82. The molecule has 3 atom stereocenters. The molecule has 2 aliphatic rings. The van der Waals surface area contributed by atoms with Gasteiger partial charge in [-0.05, 0) is 68.1 Å². The van der Waals surface area contributed by atoms with Gasteiger partial charge < -0.3 is 9.47 Å². The van der Waals surface area contributed by atoms with E-state index in [1.54, 1.807) is 24.6 Å². The van der Waals surface area contributed by atoms with Gasteiger partial charge in [-0.1, -0.05) is 54.1 Å². The first-order chi connectivity index (χ1) is 18.3. The van der Waals surface area contributed by atoms with Crippen LogP contribution in [0.1, 0.15) is 35.4 Å². The second kappa shape index (κ2) is 11.2. The van der Waals surface area contributed by atoms with E-state index in [9.17, 15) is 8.42 Å². The van der Waals surface area contributed by atoms with Gasteiger partial charge in [-0.3, -0.25) is 4.90 Å². The molecular formula is C31H38N2O4S. The largest absolute Gasteiger partial charge is 0.496 e. The lowest BCUT2D eigenvalue weighted by atomic mass is 9.74. The highest BCUT2D eigenvalue weighted by Gasteiger charge is 2.50. The maximum absolute atomic E-state index is 13.8. The van der Waals surface area contributed by atoms with Crippen molar-refractivity contribution in [2.24, 2.45) is 0 Å². The number of aryl methyl sites for hydroxylation is 2. The van der Waals surface area contributed by atoms with Crippen molar-refractivity contribution in [3.8, 4) is 16.9 Å². The van der Waals surface area contributed by atoms with Gasteiger partial charge in [-0.2, -0.15) is 4.31 Å². The van der Waals surface area contributed by atoms with Crippen LogP contribution in [0.25, 0.3) is 11.1 Å². The number of fused-ring (bicyclic) bond motifs is 1. The fraction of sp³-hybridized carbons (Fsp3) is 0.419. The van der Waals surface area contributed by atoms with Gasteiger partial charge in [-0.25, -0.2) is 8.42 Å². The Balaban J connectivity index is 1.46. The Morgan fingerprint density at radius 2 is 1.66 bits per heavy atom. The molecule has 7 heteroatoms. The minimum Gasteiger partial charge on any atom is -0.496 e. The molecule has 0 radical (unpaired) electrons. The van der Waals surface area contributed by atoms with Gasteiger partial charge >= 0.3 is 0 Å². The predicted octanol–water partition coefficient (Wildman–Crippen LogP) is 5.25. The number of benzene rings is 3. The Labute approximate surface area is 227 Å². The highest BCUT2D eigenvalue weighted by atomic mass is 32.2. The van der Waals surface area contributed by atoms with Gasteiger partial charge in [0.2, 0.25) is 10.0 Å². The van der Waals surface area contributed by atoms with Crippen LogP contribution in [-0.4, -0.2) is 70.2 Å². The van der Waals surface area contributed by atoms with Gasteiger partial charge in [-0.15, -0.1) is 0 Å². The molecule has 0 bridgehead atoms. The quantitative estimate of drug-likeness (QED) is 0.415. The standard InChI is InChI=1S/C31H38N2O4S/c1-22-11-16-29(37-4)26(19-22)24-12-14-25(15-13-24)31-27-20-32(17-7-8-18-33(27)28(31)21-36-3)38(34,35)30-10-6-5-9-23(30)2/h5-6,9-16,19,27-28,31H,7-8,17-18,20-21H2,1-4H3/t27-,28?,31-/m0/s1. The van der Waals surface area contributed by atoms with E-state index in [4.69, 9.17) is 9.47 Å². The molecule has 2 aliphatic heterocycles. The molecular weight excluding hydrogens is 496 g/mol. The molecule has 5 rings (SSSR count). The zero-order valence-corrected chi connectivity index (χ0v) is 23.6. The van der Waals surface area contributed by atoms with Crippen LogP contribution in [-0.2, 0) is 14.8 Å². The molecule has 0 spiro atoms. The summed E-state index contributed by atoms with van der Waals surface area (Å²) in [5.74, 6) is 1.04. The molecule has 1 unspecified atom stereocenters. The van der Waals surface area contributed by atoms with Crippen LogP contribution < -0.4 is 4.74 Å². The Morgan fingerprint density at radius 3 is 2.37 bits per heavy atom. The van der Waals surface area contributed by atoms with Gasteiger partial charge in [0, 0.05) is 43.8 Å². The number of rotatable bonds is 7. The molecule has 0 saturated carbocycles. The van der Waals surface area contributed by atoms with E-state index in [0.717, 1.165) is 41.8 Å². The van der Waals surface area contributed by atoms with Crippen molar-refractivity contribution in [1.29, 1.82) is 0 Å².